The lowest BCUT2D eigenvalue weighted by Gasteiger charge is -2.04. The number of hydrogen-bond acceptors (Lipinski definition) is 6. The first-order valence-corrected chi connectivity index (χ1v) is 6.37. The second kappa shape index (κ2) is 5.00. The third kappa shape index (κ3) is 2.20. The van der Waals surface area contributed by atoms with E-state index in [1.54, 1.807) is 0 Å². The topological polar surface area (TPSA) is 96.2 Å². The van der Waals surface area contributed by atoms with E-state index in [9.17, 15) is 20.1 Å². The van der Waals surface area contributed by atoms with E-state index >= 15 is 0 Å². The third-order valence-electron chi connectivity index (χ3n) is 3.24. The van der Waals surface area contributed by atoms with Crippen LogP contribution in [0.5, 0.6) is 28.7 Å². The van der Waals surface area contributed by atoms with Crippen LogP contribution in [0.1, 0.15) is 15.9 Å². The predicted molar refractivity (Wildman–Crippen MR) is 77.4 cm³/mol. The largest absolute Gasteiger partial charge is 0.508 e. The van der Waals surface area contributed by atoms with Crippen LogP contribution in [-0.2, 0) is 0 Å². The summed E-state index contributed by atoms with van der Waals surface area (Å²) >= 11 is 0. The van der Waals surface area contributed by atoms with Crippen molar-refractivity contribution in [2.24, 2.45) is 0 Å². The fourth-order valence-electron chi connectivity index (χ4n) is 2.21. The molecule has 6 heteroatoms. The minimum atomic E-state index is -0.389. The zero-order valence-corrected chi connectivity index (χ0v) is 11.5. The summed E-state index contributed by atoms with van der Waals surface area (Å²) in [7, 11) is 1.39. The first-order chi connectivity index (χ1) is 10.5. The highest BCUT2D eigenvalue weighted by molar-refractivity contribution is 6.16. The summed E-state index contributed by atoms with van der Waals surface area (Å²) in [5.74, 6) is -0.563. The second-order valence-corrected chi connectivity index (χ2v) is 4.71. The standard InChI is InChI=1S/C16H12O6/c1-21-12-6-9(17)7-13-15(12)16(20)14(22-13)5-8-2-3-10(18)11(19)4-8/h2-7,17-19H,1H3/b14-5+. The van der Waals surface area contributed by atoms with E-state index in [0.29, 0.717) is 5.56 Å². The number of Topliss-reactive ketones (excluding diaryl/α,β-unsaturated/α-hetero) is 1. The Morgan fingerprint density at radius 3 is 2.55 bits per heavy atom. The van der Waals surface area contributed by atoms with Crippen LogP contribution in [0.3, 0.4) is 0 Å². The van der Waals surface area contributed by atoms with Crippen molar-refractivity contribution in [3.63, 3.8) is 0 Å². The Labute approximate surface area is 125 Å². The van der Waals surface area contributed by atoms with Crippen molar-refractivity contribution >= 4 is 11.9 Å². The highest BCUT2D eigenvalue weighted by atomic mass is 16.5. The van der Waals surface area contributed by atoms with Crippen LogP contribution >= 0.6 is 0 Å². The molecule has 0 atom stereocenters. The number of allylic oxidation sites excluding steroid dienone is 1. The second-order valence-electron chi connectivity index (χ2n) is 4.71. The van der Waals surface area contributed by atoms with E-state index in [1.807, 2.05) is 0 Å². The van der Waals surface area contributed by atoms with Crippen molar-refractivity contribution in [1.82, 2.24) is 0 Å². The van der Waals surface area contributed by atoms with Gasteiger partial charge in [-0.1, -0.05) is 6.07 Å². The Hall–Kier alpha value is -3.15. The minimum absolute atomic E-state index is 0.0315. The number of ether oxygens (including phenoxy) is 2. The number of phenols is 3. The summed E-state index contributed by atoms with van der Waals surface area (Å²) in [5.41, 5.74) is 0.712. The third-order valence-corrected chi connectivity index (χ3v) is 3.24. The van der Waals surface area contributed by atoms with Crippen molar-refractivity contribution < 1.29 is 29.6 Å². The number of fused-ring (bicyclic) bond motifs is 1. The molecule has 22 heavy (non-hydrogen) atoms. The molecular weight excluding hydrogens is 288 g/mol. The summed E-state index contributed by atoms with van der Waals surface area (Å²) < 4.78 is 10.5. The summed E-state index contributed by atoms with van der Waals surface area (Å²) in [6.07, 6.45) is 1.43. The van der Waals surface area contributed by atoms with Gasteiger partial charge in [0.25, 0.3) is 0 Å². The number of carbonyl (C=O) groups excluding carboxylic acids is 1. The van der Waals surface area contributed by atoms with E-state index in [2.05, 4.69) is 0 Å². The molecule has 1 heterocycles. The first-order valence-electron chi connectivity index (χ1n) is 6.37. The van der Waals surface area contributed by atoms with Gasteiger partial charge in [-0.15, -0.1) is 0 Å². The molecule has 1 aliphatic heterocycles. The molecular formula is C16H12O6. The van der Waals surface area contributed by atoms with Crippen LogP contribution in [0.15, 0.2) is 36.1 Å². The van der Waals surface area contributed by atoms with E-state index in [-0.39, 0.29) is 45.9 Å². The number of rotatable bonds is 2. The minimum Gasteiger partial charge on any atom is -0.508 e. The number of carbonyl (C=O) groups is 1. The fraction of sp³-hybridized carbons (Fsp3) is 0.0625. The highest BCUT2D eigenvalue weighted by Gasteiger charge is 2.31. The van der Waals surface area contributed by atoms with Crippen molar-refractivity contribution in [3.8, 4) is 28.7 Å². The summed E-state index contributed by atoms with van der Waals surface area (Å²) in [4.78, 5) is 12.4. The molecule has 3 N–H and O–H groups in total. The summed E-state index contributed by atoms with van der Waals surface area (Å²) in [6.45, 7) is 0. The SMILES string of the molecule is COc1cc(O)cc2c1C(=O)/C(=C\c1ccc(O)c(O)c1)O2. The van der Waals surface area contributed by atoms with Gasteiger partial charge in [0, 0.05) is 12.1 Å². The maximum Gasteiger partial charge on any atom is 0.235 e. The van der Waals surface area contributed by atoms with E-state index in [0.717, 1.165) is 0 Å². The Balaban J connectivity index is 2.03. The van der Waals surface area contributed by atoms with E-state index in [1.165, 1.54) is 43.5 Å². The maximum absolute atomic E-state index is 12.4. The Kier molecular flexibility index (Phi) is 3.14. The zero-order valence-electron chi connectivity index (χ0n) is 11.5. The van der Waals surface area contributed by atoms with Gasteiger partial charge in [-0.2, -0.15) is 0 Å². The molecule has 0 bridgehead atoms. The number of benzene rings is 2. The highest BCUT2D eigenvalue weighted by Crippen LogP contribution is 2.41. The van der Waals surface area contributed by atoms with Crippen molar-refractivity contribution in [3.05, 3.63) is 47.2 Å². The van der Waals surface area contributed by atoms with Gasteiger partial charge in [-0.05, 0) is 23.8 Å². The molecule has 6 nitrogen and oxygen atoms in total. The quantitative estimate of drug-likeness (QED) is 0.582. The molecule has 0 unspecified atom stereocenters. The molecule has 1 aliphatic rings. The summed E-state index contributed by atoms with van der Waals surface area (Å²) in [5, 5.41) is 28.3. The van der Waals surface area contributed by atoms with Crippen LogP contribution < -0.4 is 9.47 Å². The number of hydrogen-bond donors (Lipinski definition) is 3. The lowest BCUT2D eigenvalue weighted by Crippen LogP contribution is -2.00. The molecule has 0 saturated heterocycles. The van der Waals surface area contributed by atoms with Gasteiger partial charge >= 0.3 is 0 Å². The molecule has 0 fully saturated rings. The van der Waals surface area contributed by atoms with Crippen LogP contribution in [0.4, 0.5) is 0 Å². The van der Waals surface area contributed by atoms with Crippen LogP contribution in [0.2, 0.25) is 0 Å². The first kappa shape index (κ1) is 13.8. The lowest BCUT2D eigenvalue weighted by atomic mass is 10.1. The molecule has 0 saturated carbocycles. The molecule has 112 valence electrons. The maximum atomic E-state index is 12.4. The van der Waals surface area contributed by atoms with E-state index < -0.39 is 0 Å². The predicted octanol–water partition coefficient (Wildman–Crippen LogP) is 2.43. The number of phenolic OH excluding ortho intramolecular Hbond substituents is 3. The van der Waals surface area contributed by atoms with Gasteiger partial charge in [0.05, 0.1) is 7.11 Å². The molecule has 0 amide bonds. The Bertz CT molecular complexity index is 807. The van der Waals surface area contributed by atoms with Crippen molar-refractivity contribution in [2.75, 3.05) is 7.11 Å². The molecule has 2 aromatic rings. The molecule has 3 rings (SSSR count). The van der Waals surface area contributed by atoms with Gasteiger partial charge < -0.3 is 24.8 Å². The van der Waals surface area contributed by atoms with Gasteiger partial charge in [0.1, 0.15) is 22.8 Å². The molecule has 0 aromatic heterocycles. The molecule has 0 radical (unpaired) electrons. The van der Waals surface area contributed by atoms with Gasteiger partial charge in [-0.25, -0.2) is 0 Å². The molecule has 2 aromatic carbocycles. The number of ketones is 1. The van der Waals surface area contributed by atoms with Crippen LogP contribution in [0.25, 0.3) is 6.08 Å². The molecule has 0 spiro atoms. The lowest BCUT2D eigenvalue weighted by molar-refractivity contribution is 0.101. The van der Waals surface area contributed by atoms with Crippen molar-refractivity contribution in [2.45, 2.75) is 0 Å². The number of aromatic hydroxyl groups is 3. The normalized spacial score (nSPS) is 14.8. The average molecular weight is 300 g/mol. The Morgan fingerprint density at radius 1 is 1.09 bits per heavy atom. The van der Waals surface area contributed by atoms with Crippen molar-refractivity contribution in [1.29, 1.82) is 0 Å². The monoisotopic (exact) mass is 300 g/mol. The van der Waals surface area contributed by atoms with Crippen LogP contribution in [-0.4, -0.2) is 28.2 Å². The average Bonchev–Trinajstić information content (AvgIpc) is 2.78. The smallest absolute Gasteiger partial charge is 0.235 e. The Morgan fingerprint density at radius 2 is 1.86 bits per heavy atom. The summed E-state index contributed by atoms with van der Waals surface area (Å²) in [6, 6.07) is 6.79. The van der Waals surface area contributed by atoms with Crippen LogP contribution in [0, 0.1) is 0 Å². The zero-order chi connectivity index (χ0) is 15.9. The molecule has 0 aliphatic carbocycles. The fourth-order valence-corrected chi connectivity index (χ4v) is 2.21. The van der Waals surface area contributed by atoms with E-state index in [4.69, 9.17) is 9.47 Å². The van der Waals surface area contributed by atoms with Gasteiger partial charge in [0.2, 0.25) is 5.78 Å². The van der Waals surface area contributed by atoms with Gasteiger partial charge in [-0.3, -0.25) is 4.79 Å². The van der Waals surface area contributed by atoms with Gasteiger partial charge in [0.15, 0.2) is 17.3 Å². The number of methoxy groups -OCH3 is 1.